The topological polar surface area (TPSA) is 0 Å². The van der Waals surface area contributed by atoms with Crippen molar-refractivity contribution in [2.45, 2.75) is 13.8 Å². The van der Waals surface area contributed by atoms with Gasteiger partial charge in [-0.05, 0) is 13.8 Å². The summed E-state index contributed by atoms with van der Waals surface area (Å²) < 4.78 is 0. The van der Waals surface area contributed by atoms with Gasteiger partial charge >= 0.3 is 0 Å². The third-order valence-corrected chi connectivity index (χ3v) is 1.91. The van der Waals surface area contributed by atoms with Gasteiger partial charge in [0, 0.05) is 0 Å². The molecule has 87 valence electrons. The SMILES string of the molecule is C=C/C=C\C([B]C(/C=C\C)=C/C=C\C)=C/C=C. The predicted octanol–water partition coefficient (Wildman–Crippen LogP) is 4.54. The van der Waals surface area contributed by atoms with Crippen molar-refractivity contribution < 1.29 is 0 Å². The summed E-state index contributed by atoms with van der Waals surface area (Å²) in [7, 11) is 2.10. The summed E-state index contributed by atoms with van der Waals surface area (Å²) >= 11 is 0. The predicted molar refractivity (Wildman–Crippen MR) is 81.1 cm³/mol. The number of rotatable bonds is 7. The second kappa shape index (κ2) is 10.8. The summed E-state index contributed by atoms with van der Waals surface area (Å²) in [6.07, 6.45) is 19.6. The number of hydrogen-bond donors (Lipinski definition) is 0. The van der Waals surface area contributed by atoms with Crippen molar-refractivity contribution in [3.63, 3.8) is 0 Å². The van der Waals surface area contributed by atoms with Crippen LogP contribution in [-0.2, 0) is 0 Å². The molecular weight excluding hydrogens is 203 g/mol. The molecule has 0 fully saturated rings. The van der Waals surface area contributed by atoms with E-state index in [4.69, 9.17) is 0 Å². The molecule has 17 heavy (non-hydrogen) atoms. The normalized spacial score (nSPS) is 13.8. The fourth-order valence-corrected chi connectivity index (χ4v) is 1.21. The highest BCUT2D eigenvalue weighted by Gasteiger charge is 1.98. The summed E-state index contributed by atoms with van der Waals surface area (Å²) in [5, 5.41) is 0. The quantitative estimate of drug-likeness (QED) is 0.439. The molecule has 0 spiro atoms. The molecule has 0 amide bonds. The largest absolute Gasteiger partial charge is 0.191 e. The van der Waals surface area contributed by atoms with E-state index >= 15 is 0 Å². The Kier molecular flexibility index (Phi) is 9.64. The monoisotopic (exact) mass is 223 g/mol. The van der Waals surface area contributed by atoms with Crippen molar-refractivity contribution in [2.24, 2.45) is 0 Å². The summed E-state index contributed by atoms with van der Waals surface area (Å²) in [6.45, 7) is 11.4. The van der Waals surface area contributed by atoms with Crippen LogP contribution < -0.4 is 0 Å². The maximum Gasteiger partial charge on any atom is 0.191 e. The van der Waals surface area contributed by atoms with Gasteiger partial charge in [-0.2, -0.15) is 0 Å². The van der Waals surface area contributed by atoms with Crippen molar-refractivity contribution >= 4 is 7.28 Å². The molecule has 0 nitrogen and oxygen atoms in total. The van der Waals surface area contributed by atoms with Crippen molar-refractivity contribution in [3.05, 3.63) is 84.9 Å². The second-order valence-electron chi connectivity index (χ2n) is 3.33. The molecule has 0 N–H and O–H groups in total. The Hall–Kier alpha value is -1.76. The summed E-state index contributed by atoms with van der Waals surface area (Å²) in [5.74, 6) is 0. The first-order chi connectivity index (χ1) is 8.28. The van der Waals surface area contributed by atoms with Crippen LogP contribution in [0.4, 0.5) is 0 Å². The maximum absolute atomic E-state index is 3.72. The summed E-state index contributed by atoms with van der Waals surface area (Å²) in [6, 6.07) is 0. The smallest absolute Gasteiger partial charge is 0.0991 e. The van der Waals surface area contributed by atoms with E-state index < -0.39 is 0 Å². The first kappa shape index (κ1) is 15.2. The zero-order valence-electron chi connectivity index (χ0n) is 10.8. The molecule has 1 radical (unpaired) electrons. The van der Waals surface area contributed by atoms with E-state index in [1.54, 1.807) is 12.2 Å². The van der Waals surface area contributed by atoms with E-state index in [-0.39, 0.29) is 0 Å². The molecule has 0 rings (SSSR count). The fourth-order valence-electron chi connectivity index (χ4n) is 1.21. The molecule has 0 bridgehead atoms. The Morgan fingerprint density at radius 2 is 1.53 bits per heavy atom. The minimum atomic E-state index is 1.09. The van der Waals surface area contributed by atoms with Crippen LogP contribution in [0.25, 0.3) is 0 Å². The van der Waals surface area contributed by atoms with E-state index in [1.165, 1.54) is 0 Å². The van der Waals surface area contributed by atoms with Crippen LogP contribution in [0.3, 0.4) is 0 Å². The minimum absolute atomic E-state index is 1.09. The lowest BCUT2D eigenvalue weighted by Crippen LogP contribution is -1.97. The van der Waals surface area contributed by atoms with Crippen molar-refractivity contribution in [3.8, 4) is 0 Å². The van der Waals surface area contributed by atoms with E-state index in [0.29, 0.717) is 0 Å². The molecule has 0 aliphatic carbocycles. The van der Waals surface area contributed by atoms with Crippen molar-refractivity contribution in [2.75, 3.05) is 0 Å². The lowest BCUT2D eigenvalue weighted by Gasteiger charge is -2.00. The Morgan fingerprint density at radius 3 is 2.06 bits per heavy atom. The molecule has 0 atom stereocenters. The fraction of sp³-hybridized carbons (Fsp3) is 0.125. The van der Waals surface area contributed by atoms with Gasteiger partial charge in [0.25, 0.3) is 0 Å². The highest BCUT2D eigenvalue weighted by molar-refractivity contribution is 6.55. The average molecular weight is 223 g/mol. The van der Waals surface area contributed by atoms with Gasteiger partial charge in [0.05, 0.1) is 0 Å². The van der Waals surface area contributed by atoms with Gasteiger partial charge in [-0.1, -0.05) is 84.9 Å². The van der Waals surface area contributed by atoms with Crippen LogP contribution in [0.15, 0.2) is 84.9 Å². The molecular formula is C16H20B. The Balaban J connectivity index is 4.92. The molecule has 0 saturated heterocycles. The van der Waals surface area contributed by atoms with Crippen LogP contribution in [0, 0.1) is 0 Å². The highest BCUT2D eigenvalue weighted by atomic mass is 13.8. The van der Waals surface area contributed by atoms with E-state index in [1.807, 2.05) is 50.3 Å². The van der Waals surface area contributed by atoms with Gasteiger partial charge in [-0.15, -0.1) is 0 Å². The molecule has 0 aromatic heterocycles. The Bertz CT molecular complexity index is 376. The first-order valence-corrected chi connectivity index (χ1v) is 5.70. The molecule has 1 heteroatoms. The number of hydrogen-bond acceptors (Lipinski definition) is 0. The molecule has 0 aromatic rings. The van der Waals surface area contributed by atoms with Crippen LogP contribution in [0.1, 0.15) is 13.8 Å². The van der Waals surface area contributed by atoms with Crippen LogP contribution in [0.5, 0.6) is 0 Å². The van der Waals surface area contributed by atoms with E-state index in [9.17, 15) is 0 Å². The maximum atomic E-state index is 3.72. The molecule has 0 saturated carbocycles. The lowest BCUT2D eigenvalue weighted by molar-refractivity contribution is 1.67. The third-order valence-electron chi connectivity index (χ3n) is 1.91. The van der Waals surface area contributed by atoms with Gasteiger partial charge in [0.15, 0.2) is 7.28 Å². The molecule has 0 aliphatic heterocycles. The third kappa shape index (κ3) is 8.09. The van der Waals surface area contributed by atoms with E-state index in [2.05, 4.69) is 32.6 Å². The Morgan fingerprint density at radius 1 is 0.824 bits per heavy atom. The Labute approximate surface area is 106 Å². The van der Waals surface area contributed by atoms with Crippen molar-refractivity contribution in [1.29, 1.82) is 0 Å². The minimum Gasteiger partial charge on any atom is -0.0991 e. The van der Waals surface area contributed by atoms with Gasteiger partial charge in [0.2, 0.25) is 0 Å². The van der Waals surface area contributed by atoms with E-state index in [0.717, 1.165) is 10.9 Å². The first-order valence-electron chi connectivity index (χ1n) is 5.70. The lowest BCUT2D eigenvalue weighted by atomic mass is 9.62. The van der Waals surface area contributed by atoms with Crippen molar-refractivity contribution in [1.82, 2.24) is 0 Å². The molecule has 0 unspecified atom stereocenters. The molecule has 0 heterocycles. The zero-order valence-corrected chi connectivity index (χ0v) is 10.8. The van der Waals surface area contributed by atoms with Crippen LogP contribution >= 0.6 is 0 Å². The summed E-state index contributed by atoms with van der Waals surface area (Å²) in [5.41, 5.74) is 2.24. The van der Waals surface area contributed by atoms with Crippen LogP contribution in [-0.4, -0.2) is 7.28 Å². The standard InChI is InChI=1S/C16H20B/c1-5-9-13-15(11-7-3)17-16(12-8-4)14-10-6-2/h5-14H,1,3H2,2,4H3/b10-6-,12-8-,13-9-,15-11+,16-14+. The summed E-state index contributed by atoms with van der Waals surface area (Å²) in [4.78, 5) is 0. The average Bonchev–Trinajstić information content (AvgIpc) is 2.33. The molecule has 0 aliphatic rings. The van der Waals surface area contributed by atoms with Gasteiger partial charge in [0.1, 0.15) is 0 Å². The zero-order chi connectivity index (χ0) is 12.9. The molecule has 0 aromatic carbocycles. The highest BCUT2D eigenvalue weighted by Crippen LogP contribution is 2.05. The van der Waals surface area contributed by atoms with Gasteiger partial charge in [-0.3, -0.25) is 0 Å². The van der Waals surface area contributed by atoms with Gasteiger partial charge in [-0.25, -0.2) is 0 Å². The van der Waals surface area contributed by atoms with Gasteiger partial charge < -0.3 is 0 Å². The number of allylic oxidation sites excluding steroid dienone is 12. The van der Waals surface area contributed by atoms with Crippen LogP contribution in [0.2, 0.25) is 0 Å². The second-order valence-corrected chi connectivity index (χ2v) is 3.33.